The number of nitrogens with two attached hydrogens (primary N) is 1. The predicted molar refractivity (Wildman–Crippen MR) is 79.2 cm³/mol. The van der Waals surface area contributed by atoms with Crippen LogP contribution < -0.4 is 11.1 Å². The van der Waals surface area contributed by atoms with Gasteiger partial charge in [-0.25, -0.2) is 0 Å². The van der Waals surface area contributed by atoms with Crippen LogP contribution in [0.4, 0.5) is 0 Å². The Bertz CT molecular complexity index is 355. The van der Waals surface area contributed by atoms with Crippen LogP contribution in [-0.2, 0) is 4.74 Å². The molecule has 0 aromatic heterocycles. The van der Waals surface area contributed by atoms with Crippen molar-refractivity contribution in [2.75, 3.05) is 26.2 Å². The Morgan fingerprint density at radius 1 is 1.37 bits per heavy atom. The van der Waals surface area contributed by atoms with Crippen molar-refractivity contribution in [1.82, 2.24) is 5.32 Å². The number of ether oxygens (including phenoxy) is 1. The molecule has 1 aromatic rings. The van der Waals surface area contributed by atoms with Gasteiger partial charge in [0.25, 0.3) is 0 Å². The molecule has 1 aliphatic rings. The van der Waals surface area contributed by atoms with Crippen LogP contribution in [-0.4, -0.2) is 32.3 Å². The molecule has 1 saturated heterocycles. The molecule has 1 aliphatic heterocycles. The molecular weight excluding hydrogens is 236 g/mol. The Kier molecular flexibility index (Phi) is 5.83. The first-order valence-corrected chi connectivity index (χ1v) is 7.42. The fourth-order valence-electron chi connectivity index (χ4n) is 2.88. The second-order valence-electron chi connectivity index (χ2n) is 5.37. The summed E-state index contributed by atoms with van der Waals surface area (Å²) < 4.78 is 5.72. The maximum atomic E-state index is 5.89. The van der Waals surface area contributed by atoms with Crippen LogP contribution in [0.25, 0.3) is 0 Å². The number of hydrogen-bond donors (Lipinski definition) is 2. The van der Waals surface area contributed by atoms with E-state index in [9.17, 15) is 0 Å². The average molecular weight is 262 g/mol. The SMILES string of the molecule is CCC1OCCC1CNCC(CN)c1ccccc1. The second kappa shape index (κ2) is 7.63. The molecule has 3 N–H and O–H groups in total. The summed E-state index contributed by atoms with van der Waals surface area (Å²) in [6, 6.07) is 10.5. The van der Waals surface area contributed by atoms with E-state index in [-0.39, 0.29) is 0 Å². The molecule has 0 saturated carbocycles. The first kappa shape index (κ1) is 14.5. The minimum absolute atomic E-state index is 0.406. The molecule has 0 bridgehead atoms. The van der Waals surface area contributed by atoms with Gasteiger partial charge in [-0.1, -0.05) is 37.3 Å². The van der Waals surface area contributed by atoms with Crippen molar-refractivity contribution >= 4 is 0 Å². The zero-order valence-corrected chi connectivity index (χ0v) is 11.8. The van der Waals surface area contributed by atoms with E-state index in [0.29, 0.717) is 24.5 Å². The summed E-state index contributed by atoms with van der Waals surface area (Å²) in [5.41, 5.74) is 7.21. The van der Waals surface area contributed by atoms with Crippen molar-refractivity contribution in [3.63, 3.8) is 0 Å². The quantitative estimate of drug-likeness (QED) is 0.791. The summed E-state index contributed by atoms with van der Waals surface area (Å²) in [7, 11) is 0. The summed E-state index contributed by atoms with van der Waals surface area (Å²) in [6.07, 6.45) is 2.75. The molecule has 19 heavy (non-hydrogen) atoms. The van der Waals surface area contributed by atoms with Gasteiger partial charge in [0.05, 0.1) is 6.10 Å². The molecule has 1 heterocycles. The molecule has 3 unspecified atom stereocenters. The number of hydrogen-bond acceptors (Lipinski definition) is 3. The van der Waals surface area contributed by atoms with Gasteiger partial charge in [0.1, 0.15) is 0 Å². The van der Waals surface area contributed by atoms with Crippen LogP contribution >= 0.6 is 0 Å². The lowest BCUT2D eigenvalue weighted by Gasteiger charge is -2.20. The van der Waals surface area contributed by atoms with Gasteiger partial charge in [0.15, 0.2) is 0 Å². The molecule has 0 amide bonds. The van der Waals surface area contributed by atoms with E-state index in [0.717, 1.165) is 26.1 Å². The Morgan fingerprint density at radius 2 is 2.16 bits per heavy atom. The zero-order chi connectivity index (χ0) is 13.5. The van der Waals surface area contributed by atoms with Gasteiger partial charge in [-0.15, -0.1) is 0 Å². The zero-order valence-electron chi connectivity index (χ0n) is 11.8. The van der Waals surface area contributed by atoms with Crippen LogP contribution in [0, 0.1) is 5.92 Å². The summed E-state index contributed by atoms with van der Waals surface area (Å²) in [6.45, 7) is 5.81. The number of benzene rings is 1. The second-order valence-corrected chi connectivity index (χ2v) is 5.37. The van der Waals surface area contributed by atoms with E-state index in [2.05, 4.69) is 36.5 Å². The summed E-state index contributed by atoms with van der Waals surface area (Å²) in [4.78, 5) is 0. The molecule has 0 radical (unpaired) electrons. The Balaban J connectivity index is 1.78. The summed E-state index contributed by atoms with van der Waals surface area (Å²) in [5.74, 6) is 1.07. The van der Waals surface area contributed by atoms with Crippen molar-refractivity contribution in [1.29, 1.82) is 0 Å². The Morgan fingerprint density at radius 3 is 2.84 bits per heavy atom. The fourth-order valence-corrected chi connectivity index (χ4v) is 2.88. The third-order valence-electron chi connectivity index (χ3n) is 4.10. The molecule has 1 aromatic carbocycles. The van der Waals surface area contributed by atoms with Gasteiger partial charge >= 0.3 is 0 Å². The first-order valence-electron chi connectivity index (χ1n) is 7.42. The van der Waals surface area contributed by atoms with E-state index in [1.165, 1.54) is 12.0 Å². The van der Waals surface area contributed by atoms with Crippen molar-refractivity contribution in [2.45, 2.75) is 31.8 Å². The molecule has 3 atom stereocenters. The van der Waals surface area contributed by atoms with Gasteiger partial charge in [-0.2, -0.15) is 0 Å². The van der Waals surface area contributed by atoms with Crippen LogP contribution in [0.1, 0.15) is 31.2 Å². The number of rotatable bonds is 7. The third kappa shape index (κ3) is 4.03. The van der Waals surface area contributed by atoms with E-state index in [4.69, 9.17) is 10.5 Å². The van der Waals surface area contributed by atoms with Crippen LogP contribution in [0.15, 0.2) is 30.3 Å². The highest BCUT2D eigenvalue weighted by Crippen LogP contribution is 2.22. The maximum Gasteiger partial charge on any atom is 0.0613 e. The predicted octanol–water partition coefficient (Wildman–Crippen LogP) is 2.13. The molecule has 1 fully saturated rings. The van der Waals surface area contributed by atoms with Crippen LogP contribution in [0.5, 0.6) is 0 Å². The summed E-state index contributed by atoms with van der Waals surface area (Å²) in [5, 5.41) is 3.58. The third-order valence-corrected chi connectivity index (χ3v) is 4.10. The van der Waals surface area contributed by atoms with Crippen molar-refractivity contribution < 1.29 is 4.74 Å². The minimum atomic E-state index is 0.406. The highest BCUT2D eigenvalue weighted by atomic mass is 16.5. The lowest BCUT2D eigenvalue weighted by Crippen LogP contribution is -2.33. The van der Waals surface area contributed by atoms with Gasteiger partial charge < -0.3 is 15.8 Å². The average Bonchev–Trinajstić information content (AvgIpc) is 2.92. The molecular formula is C16H26N2O. The smallest absolute Gasteiger partial charge is 0.0613 e. The van der Waals surface area contributed by atoms with E-state index >= 15 is 0 Å². The maximum absolute atomic E-state index is 5.89. The minimum Gasteiger partial charge on any atom is -0.378 e. The van der Waals surface area contributed by atoms with Crippen LogP contribution in [0.2, 0.25) is 0 Å². The van der Waals surface area contributed by atoms with Crippen LogP contribution in [0.3, 0.4) is 0 Å². The molecule has 0 spiro atoms. The lowest BCUT2D eigenvalue weighted by atomic mass is 9.97. The molecule has 2 rings (SSSR count). The highest BCUT2D eigenvalue weighted by Gasteiger charge is 2.26. The highest BCUT2D eigenvalue weighted by molar-refractivity contribution is 5.20. The topological polar surface area (TPSA) is 47.3 Å². The number of nitrogens with one attached hydrogen (secondary N) is 1. The normalized spacial score (nSPS) is 24.5. The van der Waals surface area contributed by atoms with E-state index in [1.807, 2.05) is 6.07 Å². The van der Waals surface area contributed by atoms with Crippen molar-refractivity contribution in [2.24, 2.45) is 11.7 Å². The van der Waals surface area contributed by atoms with E-state index in [1.54, 1.807) is 0 Å². The van der Waals surface area contributed by atoms with Gasteiger partial charge in [-0.3, -0.25) is 0 Å². The fraction of sp³-hybridized carbons (Fsp3) is 0.625. The van der Waals surface area contributed by atoms with Gasteiger partial charge in [0.2, 0.25) is 0 Å². The standard InChI is InChI=1S/C16H26N2O/c1-2-16-14(8-9-19-16)11-18-12-15(10-17)13-6-4-3-5-7-13/h3-7,14-16,18H,2,8-12,17H2,1H3. The van der Waals surface area contributed by atoms with Crippen molar-refractivity contribution in [3.8, 4) is 0 Å². The first-order chi connectivity index (χ1) is 9.35. The molecule has 106 valence electrons. The van der Waals surface area contributed by atoms with E-state index < -0.39 is 0 Å². The van der Waals surface area contributed by atoms with Gasteiger partial charge in [0, 0.05) is 32.2 Å². The Labute approximate surface area is 116 Å². The largest absolute Gasteiger partial charge is 0.378 e. The molecule has 3 nitrogen and oxygen atoms in total. The lowest BCUT2D eigenvalue weighted by molar-refractivity contribution is 0.0872. The molecule has 3 heteroatoms. The Hall–Kier alpha value is -0.900. The van der Waals surface area contributed by atoms with Gasteiger partial charge in [-0.05, 0) is 24.3 Å². The molecule has 0 aliphatic carbocycles. The summed E-state index contributed by atoms with van der Waals surface area (Å²) >= 11 is 0. The monoisotopic (exact) mass is 262 g/mol. The van der Waals surface area contributed by atoms with Crippen molar-refractivity contribution in [3.05, 3.63) is 35.9 Å².